The fourth-order valence-corrected chi connectivity index (χ4v) is 2.31. The topological polar surface area (TPSA) is 51.2 Å². The molecule has 1 N–H and O–H groups in total. The largest absolute Gasteiger partial charge is 0.455 e. The molecular weight excluding hydrogens is 319 g/mol. The van der Waals surface area contributed by atoms with Crippen molar-refractivity contribution in [1.82, 2.24) is 4.98 Å². The van der Waals surface area contributed by atoms with Crippen molar-refractivity contribution < 1.29 is 13.9 Å². The monoisotopic (exact) mass is 336 g/mol. The van der Waals surface area contributed by atoms with E-state index in [1.54, 1.807) is 24.5 Å². The van der Waals surface area contributed by atoms with Gasteiger partial charge in [-0.2, -0.15) is 0 Å². The number of ether oxygens (including phenoxy) is 1. The van der Waals surface area contributed by atoms with Crippen molar-refractivity contribution in [2.24, 2.45) is 0 Å². The second kappa shape index (κ2) is 8.06. The zero-order chi connectivity index (χ0) is 17.5. The average Bonchev–Trinajstić information content (AvgIpc) is 2.64. The Hall–Kier alpha value is -3.21. The van der Waals surface area contributed by atoms with Gasteiger partial charge in [-0.15, -0.1) is 0 Å². The predicted octanol–water partition coefficient (Wildman–Crippen LogP) is 4.58. The highest BCUT2D eigenvalue weighted by atomic mass is 19.1. The highest BCUT2D eigenvalue weighted by Crippen LogP contribution is 2.29. The van der Waals surface area contributed by atoms with Crippen LogP contribution < -0.4 is 10.1 Å². The first-order valence-electron chi connectivity index (χ1n) is 7.92. The number of benzene rings is 2. The zero-order valence-corrected chi connectivity index (χ0v) is 13.5. The van der Waals surface area contributed by atoms with Crippen molar-refractivity contribution in [3.05, 3.63) is 84.4 Å². The number of rotatable bonds is 6. The van der Waals surface area contributed by atoms with Crippen LogP contribution in [0, 0.1) is 5.82 Å². The van der Waals surface area contributed by atoms with Crippen molar-refractivity contribution in [3.8, 4) is 11.5 Å². The van der Waals surface area contributed by atoms with Crippen LogP contribution in [0.1, 0.15) is 12.0 Å². The Morgan fingerprint density at radius 2 is 1.72 bits per heavy atom. The van der Waals surface area contributed by atoms with Gasteiger partial charge in [-0.1, -0.05) is 12.1 Å². The average molecular weight is 336 g/mol. The lowest BCUT2D eigenvalue weighted by Gasteiger charge is -2.12. The van der Waals surface area contributed by atoms with Gasteiger partial charge in [0.15, 0.2) is 5.75 Å². The molecule has 3 aromatic rings. The fourth-order valence-electron chi connectivity index (χ4n) is 2.31. The van der Waals surface area contributed by atoms with E-state index >= 15 is 0 Å². The van der Waals surface area contributed by atoms with Crippen molar-refractivity contribution in [1.29, 1.82) is 0 Å². The van der Waals surface area contributed by atoms with Crippen molar-refractivity contribution in [2.45, 2.75) is 12.8 Å². The molecule has 25 heavy (non-hydrogen) atoms. The molecule has 0 spiro atoms. The lowest BCUT2D eigenvalue weighted by atomic mass is 10.1. The van der Waals surface area contributed by atoms with E-state index in [0.29, 0.717) is 30.0 Å². The molecule has 4 nitrogen and oxygen atoms in total. The molecule has 0 fully saturated rings. The third kappa shape index (κ3) is 4.88. The summed E-state index contributed by atoms with van der Waals surface area (Å²) < 4.78 is 18.7. The van der Waals surface area contributed by atoms with Crippen molar-refractivity contribution in [3.63, 3.8) is 0 Å². The van der Waals surface area contributed by atoms with E-state index in [9.17, 15) is 9.18 Å². The first kappa shape index (κ1) is 16.6. The highest BCUT2D eigenvalue weighted by molar-refractivity contribution is 5.92. The minimum absolute atomic E-state index is 0.105. The smallest absolute Gasteiger partial charge is 0.224 e. The second-order valence-electron chi connectivity index (χ2n) is 5.46. The number of halogens is 1. The SMILES string of the molecule is O=C(CCc1ccncc1)Nc1ccccc1Oc1ccc(F)cc1. The maximum absolute atomic E-state index is 13.0. The molecule has 0 aliphatic carbocycles. The summed E-state index contributed by atoms with van der Waals surface area (Å²) >= 11 is 0. The molecule has 0 radical (unpaired) electrons. The molecule has 5 heteroatoms. The van der Waals surface area contributed by atoms with E-state index in [2.05, 4.69) is 10.3 Å². The van der Waals surface area contributed by atoms with E-state index in [1.807, 2.05) is 24.3 Å². The van der Waals surface area contributed by atoms with Crippen LogP contribution in [0.25, 0.3) is 0 Å². The van der Waals surface area contributed by atoms with Gasteiger partial charge in [0.1, 0.15) is 11.6 Å². The summed E-state index contributed by atoms with van der Waals surface area (Å²) in [6.45, 7) is 0. The molecule has 0 saturated carbocycles. The molecule has 0 bridgehead atoms. The molecule has 1 heterocycles. The summed E-state index contributed by atoms with van der Waals surface area (Å²) in [5.41, 5.74) is 1.63. The van der Waals surface area contributed by atoms with E-state index in [0.717, 1.165) is 5.56 Å². The maximum Gasteiger partial charge on any atom is 0.224 e. The van der Waals surface area contributed by atoms with Crippen LogP contribution >= 0.6 is 0 Å². The first-order valence-corrected chi connectivity index (χ1v) is 7.92. The number of nitrogens with one attached hydrogen (secondary N) is 1. The third-order valence-electron chi connectivity index (χ3n) is 3.59. The Morgan fingerprint density at radius 3 is 2.48 bits per heavy atom. The number of aromatic nitrogens is 1. The van der Waals surface area contributed by atoms with Crippen LogP contribution in [0.15, 0.2) is 73.1 Å². The van der Waals surface area contributed by atoms with Gasteiger partial charge in [0, 0.05) is 18.8 Å². The molecular formula is C20H17FN2O2. The molecule has 1 amide bonds. The summed E-state index contributed by atoms with van der Waals surface area (Å²) in [6, 6.07) is 16.6. The Bertz CT molecular complexity index is 836. The van der Waals surface area contributed by atoms with Crippen LogP contribution in [-0.4, -0.2) is 10.9 Å². The molecule has 0 saturated heterocycles. The Morgan fingerprint density at radius 1 is 1.00 bits per heavy atom. The summed E-state index contributed by atoms with van der Waals surface area (Å²) in [6.07, 6.45) is 4.41. The van der Waals surface area contributed by atoms with E-state index < -0.39 is 0 Å². The number of amides is 1. The molecule has 0 unspecified atom stereocenters. The number of para-hydroxylation sites is 2. The number of hydrogen-bond donors (Lipinski definition) is 1. The van der Waals surface area contributed by atoms with Crippen LogP contribution in [-0.2, 0) is 11.2 Å². The van der Waals surface area contributed by atoms with Gasteiger partial charge in [-0.3, -0.25) is 9.78 Å². The van der Waals surface area contributed by atoms with Crippen molar-refractivity contribution in [2.75, 3.05) is 5.32 Å². The molecule has 0 aliphatic heterocycles. The van der Waals surface area contributed by atoms with Crippen molar-refractivity contribution >= 4 is 11.6 Å². The van der Waals surface area contributed by atoms with Gasteiger partial charge in [0.05, 0.1) is 5.69 Å². The number of hydrogen-bond acceptors (Lipinski definition) is 3. The van der Waals surface area contributed by atoms with Crippen LogP contribution in [0.4, 0.5) is 10.1 Å². The number of nitrogens with zero attached hydrogens (tertiary/aromatic N) is 1. The van der Waals surface area contributed by atoms with Gasteiger partial charge in [0.2, 0.25) is 5.91 Å². The van der Waals surface area contributed by atoms with Crippen LogP contribution in [0.2, 0.25) is 0 Å². The van der Waals surface area contributed by atoms with E-state index in [4.69, 9.17) is 4.74 Å². The predicted molar refractivity (Wildman–Crippen MR) is 94.1 cm³/mol. The minimum Gasteiger partial charge on any atom is -0.455 e. The zero-order valence-electron chi connectivity index (χ0n) is 13.5. The Labute approximate surface area is 145 Å². The maximum atomic E-state index is 13.0. The second-order valence-corrected chi connectivity index (χ2v) is 5.46. The Kier molecular flexibility index (Phi) is 5.36. The minimum atomic E-state index is -0.329. The molecule has 2 aromatic carbocycles. The summed E-state index contributed by atoms with van der Waals surface area (Å²) in [4.78, 5) is 16.2. The molecule has 1 aromatic heterocycles. The van der Waals surface area contributed by atoms with E-state index in [1.165, 1.54) is 24.3 Å². The number of pyridine rings is 1. The fraction of sp³-hybridized carbons (Fsp3) is 0.100. The van der Waals surface area contributed by atoms with Gasteiger partial charge >= 0.3 is 0 Å². The number of carbonyl (C=O) groups excluding carboxylic acids is 1. The van der Waals surface area contributed by atoms with Gasteiger partial charge in [0.25, 0.3) is 0 Å². The molecule has 3 rings (SSSR count). The number of carbonyl (C=O) groups is 1. The number of anilines is 1. The van der Waals surface area contributed by atoms with E-state index in [-0.39, 0.29) is 11.7 Å². The van der Waals surface area contributed by atoms with Gasteiger partial charge in [-0.05, 0) is 60.5 Å². The standard InChI is InChI=1S/C20H17FN2O2/c21-16-6-8-17(9-7-16)25-19-4-2-1-3-18(19)23-20(24)10-5-15-11-13-22-14-12-15/h1-4,6-9,11-14H,5,10H2,(H,23,24). The van der Waals surface area contributed by atoms with Gasteiger partial charge < -0.3 is 10.1 Å². The summed E-state index contributed by atoms with van der Waals surface area (Å²) in [5, 5.41) is 2.86. The van der Waals surface area contributed by atoms with Gasteiger partial charge in [-0.25, -0.2) is 4.39 Å². The van der Waals surface area contributed by atoms with Crippen LogP contribution in [0.5, 0.6) is 11.5 Å². The van der Waals surface area contributed by atoms with Crippen LogP contribution in [0.3, 0.4) is 0 Å². The highest BCUT2D eigenvalue weighted by Gasteiger charge is 2.09. The third-order valence-corrected chi connectivity index (χ3v) is 3.59. The lowest BCUT2D eigenvalue weighted by molar-refractivity contribution is -0.116. The Balaban J connectivity index is 1.64. The first-order chi connectivity index (χ1) is 12.2. The quantitative estimate of drug-likeness (QED) is 0.716. The number of aryl methyl sites for hydroxylation is 1. The normalized spacial score (nSPS) is 10.3. The molecule has 0 atom stereocenters. The summed E-state index contributed by atoms with van der Waals surface area (Å²) in [5.74, 6) is 0.572. The lowest BCUT2D eigenvalue weighted by Crippen LogP contribution is -2.13. The summed E-state index contributed by atoms with van der Waals surface area (Å²) in [7, 11) is 0. The molecule has 126 valence electrons. The molecule has 0 aliphatic rings.